The van der Waals surface area contributed by atoms with Crippen LogP contribution in [0.3, 0.4) is 0 Å². The number of non-ortho nitro benzene ring substituents is 1. The fraction of sp³-hybridized carbons (Fsp3) is 0.143. The number of aromatic amines is 1. The topological polar surface area (TPSA) is 149 Å². The van der Waals surface area contributed by atoms with Crippen molar-refractivity contribution in [2.24, 2.45) is 5.73 Å². The van der Waals surface area contributed by atoms with Crippen LogP contribution < -0.4 is 19.9 Å². The molecule has 156 valence electrons. The van der Waals surface area contributed by atoms with Gasteiger partial charge in [0.1, 0.15) is 11.6 Å². The van der Waals surface area contributed by atoms with Crippen LogP contribution in [-0.4, -0.2) is 29.3 Å². The number of fused-ring (bicyclic) bond motifs is 1. The first-order chi connectivity index (χ1) is 15.0. The summed E-state index contributed by atoms with van der Waals surface area (Å²) in [4.78, 5) is 10.8. The molecule has 1 aliphatic heterocycles. The van der Waals surface area contributed by atoms with E-state index in [0.717, 1.165) is 0 Å². The average Bonchev–Trinajstić information content (AvgIpc) is 3.20. The molecular weight excluding hydrogens is 402 g/mol. The number of hydrogen-bond donors (Lipinski definition) is 2. The molecule has 0 saturated heterocycles. The minimum Gasteiger partial charge on any atom is -0.493 e. The Morgan fingerprint density at radius 3 is 2.71 bits per heavy atom. The van der Waals surface area contributed by atoms with Crippen LogP contribution in [0.4, 0.5) is 5.69 Å². The number of aromatic nitrogens is 2. The van der Waals surface area contributed by atoms with E-state index < -0.39 is 10.8 Å². The van der Waals surface area contributed by atoms with Gasteiger partial charge in [-0.3, -0.25) is 15.2 Å². The SMILES string of the molecule is COc1cccc(C2C(C#N)=C(N)Oc3n[nH]c(-c4cccc([N+](=O)[O-])c4)c32)c1OC. The van der Waals surface area contributed by atoms with Crippen LogP contribution in [0.1, 0.15) is 17.0 Å². The molecule has 4 rings (SSSR count). The van der Waals surface area contributed by atoms with Gasteiger partial charge in [-0.25, -0.2) is 0 Å². The van der Waals surface area contributed by atoms with E-state index in [2.05, 4.69) is 16.3 Å². The van der Waals surface area contributed by atoms with Gasteiger partial charge in [-0.05, 0) is 6.07 Å². The summed E-state index contributed by atoms with van der Waals surface area (Å²) < 4.78 is 16.6. The fourth-order valence-corrected chi connectivity index (χ4v) is 3.69. The Balaban J connectivity index is 1.99. The zero-order valence-corrected chi connectivity index (χ0v) is 16.6. The molecule has 1 aliphatic rings. The highest BCUT2D eigenvalue weighted by molar-refractivity contribution is 5.73. The fourth-order valence-electron chi connectivity index (χ4n) is 3.69. The number of ether oxygens (including phenoxy) is 3. The van der Waals surface area contributed by atoms with E-state index >= 15 is 0 Å². The van der Waals surface area contributed by atoms with Gasteiger partial charge in [0.05, 0.1) is 36.3 Å². The molecule has 0 fully saturated rings. The lowest BCUT2D eigenvalue weighted by Crippen LogP contribution is -2.21. The molecule has 0 bridgehead atoms. The summed E-state index contributed by atoms with van der Waals surface area (Å²) in [6.07, 6.45) is 0. The summed E-state index contributed by atoms with van der Waals surface area (Å²) in [5.74, 6) is 0.292. The molecule has 31 heavy (non-hydrogen) atoms. The van der Waals surface area contributed by atoms with Crippen LogP contribution in [0.2, 0.25) is 0 Å². The molecule has 0 saturated carbocycles. The average molecular weight is 419 g/mol. The molecule has 3 aromatic rings. The van der Waals surface area contributed by atoms with Gasteiger partial charge in [-0.15, -0.1) is 5.10 Å². The van der Waals surface area contributed by atoms with Crippen molar-refractivity contribution in [2.75, 3.05) is 14.2 Å². The minimum absolute atomic E-state index is 0.0800. The highest BCUT2D eigenvalue weighted by Gasteiger charge is 2.37. The largest absolute Gasteiger partial charge is 0.493 e. The first kappa shape index (κ1) is 19.8. The predicted molar refractivity (Wildman–Crippen MR) is 110 cm³/mol. The van der Waals surface area contributed by atoms with Gasteiger partial charge in [0.25, 0.3) is 5.69 Å². The zero-order valence-electron chi connectivity index (χ0n) is 16.6. The third kappa shape index (κ3) is 3.18. The standard InChI is InChI=1S/C21H17N5O5/c1-29-15-8-4-7-13(19(15)30-2)16-14(10-22)20(23)31-21-17(16)18(24-25-21)11-5-3-6-12(9-11)26(27)28/h3-9,16H,23H2,1-2H3,(H,24,25). The molecule has 2 aromatic carbocycles. The minimum atomic E-state index is -0.702. The van der Waals surface area contributed by atoms with E-state index in [0.29, 0.717) is 33.9 Å². The van der Waals surface area contributed by atoms with Crippen molar-refractivity contribution >= 4 is 5.69 Å². The maximum Gasteiger partial charge on any atom is 0.270 e. The second-order valence-electron chi connectivity index (χ2n) is 6.63. The third-order valence-corrected chi connectivity index (χ3v) is 5.03. The van der Waals surface area contributed by atoms with Crippen LogP contribution in [0.25, 0.3) is 11.3 Å². The molecule has 10 heteroatoms. The van der Waals surface area contributed by atoms with E-state index in [1.165, 1.54) is 26.4 Å². The molecule has 3 N–H and O–H groups in total. The van der Waals surface area contributed by atoms with Gasteiger partial charge in [0, 0.05) is 23.3 Å². The Kier molecular flexibility index (Phi) is 4.92. The number of nitrogens with two attached hydrogens (primary N) is 1. The smallest absolute Gasteiger partial charge is 0.270 e. The Hall–Kier alpha value is -4.52. The van der Waals surface area contributed by atoms with Gasteiger partial charge < -0.3 is 19.9 Å². The number of para-hydroxylation sites is 1. The summed E-state index contributed by atoms with van der Waals surface area (Å²) >= 11 is 0. The normalized spacial score (nSPS) is 14.9. The van der Waals surface area contributed by atoms with E-state index in [1.807, 2.05) is 0 Å². The van der Waals surface area contributed by atoms with Gasteiger partial charge in [0.2, 0.25) is 11.8 Å². The molecule has 0 aliphatic carbocycles. The molecule has 2 heterocycles. The van der Waals surface area contributed by atoms with Crippen LogP contribution in [0.5, 0.6) is 17.4 Å². The van der Waals surface area contributed by atoms with E-state index in [9.17, 15) is 15.4 Å². The van der Waals surface area contributed by atoms with Gasteiger partial charge in [-0.1, -0.05) is 24.3 Å². The van der Waals surface area contributed by atoms with Gasteiger partial charge in [-0.2, -0.15) is 5.26 Å². The van der Waals surface area contributed by atoms with Crippen molar-refractivity contribution in [3.05, 3.63) is 75.2 Å². The highest BCUT2D eigenvalue weighted by atomic mass is 16.6. The number of nitro groups is 1. The second kappa shape index (κ2) is 7.72. The lowest BCUT2D eigenvalue weighted by atomic mass is 9.82. The number of nitriles is 1. The number of nitrogens with zero attached hydrogens (tertiary/aromatic N) is 3. The summed E-state index contributed by atoms with van der Waals surface area (Å²) in [5.41, 5.74) is 8.20. The van der Waals surface area contributed by atoms with Crippen molar-refractivity contribution in [2.45, 2.75) is 5.92 Å². The monoisotopic (exact) mass is 419 g/mol. The molecule has 1 aromatic heterocycles. The summed E-state index contributed by atoms with van der Waals surface area (Å²) in [6.45, 7) is 0. The quantitative estimate of drug-likeness (QED) is 0.473. The van der Waals surface area contributed by atoms with Gasteiger partial charge >= 0.3 is 0 Å². The van der Waals surface area contributed by atoms with Crippen molar-refractivity contribution < 1.29 is 19.1 Å². The van der Waals surface area contributed by atoms with Crippen molar-refractivity contribution in [3.8, 4) is 34.7 Å². The number of H-pyrrole nitrogens is 1. The lowest BCUT2D eigenvalue weighted by Gasteiger charge is -2.26. The number of rotatable bonds is 5. The Bertz CT molecular complexity index is 1260. The van der Waals surface area contributed by atoms with E-state index in [-0.39, 0.29) is 23.0 Å². The van der Waals surface area contributed by atoms with Gasteiger partial charge in [0.15, 0.2) is 11.5 Å². The third-order valence-electron chi connectivity index (χ3n) is 5.03. The molecule has 0 radical (unpaired) electrons. The number of allylic oxidation sites excluding steroid dienone is 1. The molecular formula is C21H17N5O5. The maximum atomic E-state index is 11.3. The number of benzene rings is 2. The Morgan fingerprint density at radius 2 is 2.03 bits per heavy atom. The van der Waals surface area contributed by atoms with Crippen molar-refractivity contribution in [1.29, 1.82) is 5.26 Å². The number of hydrogen-bond acceptors (Lipinski definition) is 8. The molecule has 1 atom stereocenters. The first-order valence-corrected chi connectivity index (χ1v) is 9.11. The first-order valence-electron chi connectivity index (χ1n) is 9.11. The number of nitro benzene ring substituents is 1. The second-order valence-corrected chi connectivity index (χ2v) is 6.63. The summed E-state index contributed by atoms with van der Waals surface area (Å²) in [7, 11) is 3.01. The lowest BCUT2D eigenvalue weighted by molar-refractivity contribution is -0.384. The molecule has 0 spiro atoms. The van der Waals surface area contributed by atoms with Crippen LogP contribution in [0, 0.1) is 21.4 Å². The van der Waals surface area contributed by atoms with E-state index in [1.54, 1.807) is 30.3 Å². The van der Waals surface area contributed by atoms with Crippen molar-refractivity contribution in [1.82, 2.24) is 10.2 Å². The number of methoxy groups -OCH3 is 2. The Labute approximate surface area is 176 Å². The Morgan fingerprint density at radius 1 is 1.26 bits per heavy atom. The number of nitrogens with one attached hydrogen (secondary N) is 1. The van der Waals surface area contributed by atoms with Crippen LogP contribution in [-0.2, 0) is 0 Å². The maximum absolute atomic E-state index is 11.3. The molecule has 0 amide bonds. The van der Waals surface area contributed by atoms with Crippen molar-refractivity contribution in [3.63, 3.8) is 0 Å². The zero-order chi connectivity index (χ0) is 22.1. The summed E-state index contributed by atoms with van der Waals surface area (Å²) in [5, 5.41) is 28.2. The predicted octanol–water partition coefficient (Wildman–Crippen LogP) is 3.22. The van der Waals surface area contributed by atoms with Crippen LogP contribution >= 0.6 is 0 Å². The highest BCUT2D eigenvalue weighted by Crippen LogP contribution is 2.49. The van der Waals surface area contributed by atoms with Crippen LogP contribution in [0.15, 0.2) is 53.9 Å². The molecule has 10 nitrogen and oxygen atoms in total. The summed E-state index contributed by atoms with van der Waals surface area (Å²) in [6, 6.07) is 13.5. The molecule has 1 unspecified atom stereocenters. The van der Waals surface area contributed by atoms with E-state index in [4.69, 9.17) is 19.9 Å².